The van der Waals surface area contributed by atoms with Crippen LogP contribution in [-0.4, -0.2) is 22.3 Å². The van der Waals surface area contributed by atoms with Gasteiger partial charge in [-0.1, -0.05) is 18.5 Å². The molecule has 1 amide bonds. The fraction of sp³-hybridized carbons (Fsp3) is 0.333. The van der Waals surface area contributed by atoms with Crippen LogP contribution < -0.4 is 0 Å². The second-order valence-corrected chi connectivity index (χ2v) is 7.24. The van der Waals surface area contributed by atoms with Crippen LogP contribution in [0.5, 0.6) is 0 Å². The largest absolute Gasteiger partial charge is 0.331 e. The van der Waals surface area contributed by atoms with Crippen LogP contribution in [0.2, 0.25) is 5.15 Å². The molecule has 3 rings (SSSR count). The summed E-state index contributed by atoms with van der Waals surface area (Å²) in [5.74, 6) is -0.0440. The first-order chi connectivity index (χ1) is 10.1. The zero-order valence-electron chi connectivity index (χ0n) is 11.5. The number of thiophene rings is 1. The molecule has 0 N–H and O–H groups in total. The lowest BCUT2D eigenvalue weighted by molar-refractivity contribution is 0.0657. The Bertz CT molecular complexity index is 688. The van der Waals surface area contributed by atoms with Crippen LogP contribution in [0.25, 0.3) is 0 Å². The summed E-state index contributed by atoms with van der Waals surface area (Å²) in [6.07, 6.45) is 3.41. The summed E-state index contributed by atoms with van der Waals surface area (Å²) >= 11 is 11.2. The third-order valence-electron chi connectivity index (χ3n) is 3.78. The lowest BCUT2D eigenvalue weighted by Gasteiger charge is -2.35. The Morgan fingerprint density at radius 3 is 3.19 bits per heavy atom. The molecule has 0 spiro atoms. The monoisotopic (exact) mass is 384 g/mol. The number of nitrogens with zero attached hydrogens (tertiary/aromatic N) is 2. The summed E-state index contributed by atoms with van der Waals surface area (Å²) in [5.41, 5.74) is 1.74. The quantitative estimate of drug-likeness (QED) is 0.702. The number of carbonyl (C=O) groups is 1. The molecule has 3 nitrogen and oxygen atoms in total. The Hall–Kier alpha value is -0.910. The highest BCUT2D eigenvalue weighted by molar-refractivity contribution is 9.10. The third-order valence-corrected chi connectivity index (χ3v) is 5.51. The molecule has 0 aliphatic carbocycles. The normalized spacial score (nSPS) is 17.7. The molecule has 0 saturated carbocycles. The maximum Gasteiger partial charge on any atom is 0.257 e. The number of hydrogen-bond acceptors (Lipinski definition) is 3. The summed E-state index contributed by atoms with van der Waals surface area (Å²) in [6, 6.07) is 4.00. The van der Waals surface area contributed by atoms with Gasteiger partial charge in [0.1, 0.15) is 5.15 Å². The summed E-state index contributed by atoms with van der Waals surface area (Å²) in [4.78, 5) is 20.2. The average molecular weight is 386 g/mol. The Balaban J connectivity index is 1.96. The number of fused-ring (bicyclic) bond motifs is 1. The van der Waals surface area contributed by atoms with Crippen molar-refractivity contribution in [2.45, 2.75) is 25.8 Å². The third kappa shape index (κ3) is 2.74. The van der Waals surface area contributed by atoms with E-state index in [1.165, 1.54) is 10.4 Å². The van der Waals surface area contributed by atoms with Crippen LogP contribution in [0.15, 0.2) is 28.2 Å². The lowest BCUT2D eigenvalue weighted by Crippen LogP contribution is -2.39. The van der Waals surface area contributed by atoms with Gasteiger partial charge in [0.25, 0.3) is 5.91 Å². The second kappa shape index (κ2) is 6.07. The van der Waals surface area contributed by atoms with E-state index in [1.807, 2.05) is 4.90 Å². The van der Waals surface area contributed by atoms with Gasteiger partial charge in [0.15, 0.2) is 0 Å². The number of carbonyl (C=O) groups excluding carboxylic acids is 1. The Morgan fingerprint density at radius 1 is 1.62 bits per heavy atom. The van der Waals surface area contributed by atoms with Gasteiger partial charge in [-0.15, -0.1) is 11.3 Å². The van der Waals surface area contributed by atoms with Crippen LogP contribution in [0, 0.1) is 0 Å². The molecular weight excluding hydrogens is 372 g/mol. The van der Waals surface area contributed by atoms with E-state index in [9.17, 15) is 4.79 Å². The van der Waals surface area contributed by atoms with Crippen LogP contribution >= 0.6 is 38.9 Å². The minimum Gasteiger partial charge on any atom is -0.331 e. The van der Waals surface area contributed by atoms with E-state index in [2.05, 4.69) is 39.3 Å². The predicted molar refractivity (Wildman–Crippen MR) is 89.0 cm³/mol. The van der Waals surface area contributed by atoms with Crippen LogP contribution in [0.1, 0.15) is 40.2 Å². The maximum absolute atomic E-state index is 12.9. The van der Waals surface area contributed by atoms with Gasteiger partial charge in [-0.2, -0.15) is 0 Å². The van der Waals surface area contributed by atoms with Crippen LogP contribution in [0.4, 0.5) is 0 Å². The predicted octanol–water partition coefficient (Wildman–Crippen LogP) is 4.71. The summed E-state index contributed by atoms with van der Waals surface area (Å²) in [5, 5.41) is 2.36. The van der Waals surface area contributed by atoms with Gasteiger partial charge in [0.05, 0.1) is 11.6 Å². The molecule has 2 aromatic heterocycles. The minimum atomic E-state index is -0.0440. The molecule has 1 atom stereocenters. The van der Waals surface area contributed by atoms with Gasteiger partial charge in [-0.05, 0) is 51.8 Å². The first-order valence-electron chi connectivity index (χ1n) is 6.80. The topological polar surface area (TPSA) is 33.2 Å². The lowest BCUT2D eigenvalue weighted by atomic mass is 9.97. The standard InChI is InChI=1S/C15H14BrClN2OS/c1-2-12-10-4-6-21-13(10)3-5-19(12)15(20)11-7-9(16)8-18-14(11)17/h4,6-8,12H,2-3,5H2,1H3. The highest BCUT2D eigenvalue weighted by Crippen LogP contribution is 2.36. The van der Waals surface area contributed by atoms with Crippen molar-refractivity contribution in [3.63, 3.8) is 0 Å². The van der Waals surface area contributed by atoms with Gasteiger partial charge in [-0.25, -0.2) is 4.98 Å². The molecule has 0 radical (unpaired) electrons. The SMILES string of the molecule is CCC1c2ccsc2CCN1C(=O)c1cc(Br)cnc1Cl. The van der Waals surface area contributed by atoms with Gasteiger partial charge >= 0.3 is 0 Å². The fourth-order valence-corrected chi connectivity index (χ4v) is 4.25. The molecule has 110 valence electrons. The number of pyridine rings is 1. The zero-order valence-corrected chi connectivity index (χ0v) is 14.6. The molecule has 0 bridgehead atoms. The summed E-state index contributed by atoms with van der Waals surface area (Å²) < 4.78 is 0.761. The van der Waals surface area contributed by atoms with Crippen LogP contribution in [-0.2, 0) is 6.42 Å². The first-order valence-corrected chi connectivity index (χ1v) is 8.85. The number of hydrogen-bond donors (Lipinski definition) is 0. The molecular formula is C15H14BrClN2OS. The van der Waals surface area contributed by atoms with E-state index >= 15 is 0 Å². The highest BCUT2D eigenvalue weighted by atomic mass is 79.9. The molecule has 3 heterocycles. The molecule has 6 heteroatoms. The van der Waals surface area contributed by atoms with Crippen molar-refractivity contribution in [2.75, 3.05) is 6.54 Å². The molecule has 1 aliphatic rings. The molecule has 1 unspecified atom stereocenters. The number of rotatable bonds is 2. The van der Waals surface area contributed by atoms with Gasteiger partial charge in [0, 0.05) is 22.1 Å². The molecule has 1 aliphatic heterocycles. The Labute approximate surface area is 141 Å². The van der Waals surface area contributed by atoms with E-state index in [0.717, 1.165) is 23.9 Å². The summed E-state index contributed by atoms with van der Waals surface area (Å²) in [6.45, 7) is 2.84. The van der Waals surface area contributed by atoms with Crippen molar-refractivity contribution in [2.24, 2.45) is 0 Å². The average Bonchev–Trinajstić information content (AvgIpc) is 2.96. The number of halogens is 2. The van der Waals surface area contributed by atoms with Crippen molar-refractivity contribution >= 4 is 44.8 Å². The zero-order chi connectivity index (χ0) is 15.0. The molecule has 0 aromatic carbocycles. The maximum atomic E-state index is 12.9. The summed E-state index contributed by atoms with van der Waals surface area (Å²) in [7, 11) is 0. The van der Waals surface area contributed by atoms with Gasteiger partial charge in [0.2, 0.25) is 0 Å². The fourth-order valence-electron chi connectivity index (χ4n) is 2.81. The molecule has 0 saturated heterocycles. The van der Waals surface area contributed by atoms with E-state index < -0.39 is 0 Å². The molecule has 2 aromatic rings. The smallest absolute Gasteiger partial charge is 0.257 e. The van der Waals surface area contributed by atoms with Crippen LogP contribution in [0.3, 0.4) is 0 Å². The van der Waals surface area contributed by atoms with Crippen molar-refractivity contribution in [3.8, 4) is 0 Å². The first kappa shape index (κ1) is 15.0. The number of amides is 1. The Kier molecular flexibility index (Phi) is 4.33. The van der Waals surface area contributed by atoms with Gasteiger partial charge in [-0.3, -0.25) is 4.79 Å². The van der Waals surface area contributed by atoms with E-state index in [4.69, 9.17) is 11.6 Å². The van der Waals surface area contributed by atoms with Gasteiger partial charge < -0.3 is 4.90 Å². The minimum absolute atomic E-state index is 0.0440. The van der Waals surface area contributed by atoms with Crippen molar-refractivity contribution in [1.82, 2.24) is 9.88 Å². The highest BCUT2D eigenvalue weighted by Gasteiger charge is 2.31. The number of aromatic nitrogens is 1. The Morgan fingerprint density at radius 2 is 2.43 bits per heavy atom. The van der Waals surface area contributed by atoms with Crippen molar-refractivity contribution in [1.29, 1.82) is 0 Å². The molecule has 0 fully saturated rings. The van der Waals surface area contributed by atoms with E-state index in [1.54, 1.807) is 23.6 Å². The van der Waals surface area contributed by atoms with Crippen molar-refractivity contribution < 1.29 is 4.79 Å². The second-order valence-electron chi connectivity index (χ2n) is 4.96. The van der Waals surface area contributed by atoms with Crippen molar-refractivity contribution in [3.05, 3.63) is 49.3 Å². The van der Waals surface area contributed by atoms with E-state index in [0.29, 0.717) is 5.56 Å². The van der Waals surface area contributed by atoms with E-state index in [-0.39, 0.29) is 17.1 Å². The molecule has 21 heavy (non-hydrogen) atoms.